The van der Waals surface area contributed by atoms with Crippen molar-refractivity contribution >= 4 is 0 Å². The molecule has 0 unspecified atom stereocenters. The van der Waals surface area contributed by atoms with E-state index in [1.54, 1.807) is 10.9 Å². The topological polar surface area (TPSA) is 61.7 Å². The summed E-state index contributed by atoms with van der Waals surface area (Å²) in [5, 5.41) is 4.10. The maximum Gasteiger partial charge on any atom is 0.122 e. The van der Waals surface area contributed by atoms with Crippen molar-refractivity contribution in [3.63, 3.8) is 0 Å². The Bertz CT molecular complexity index is 414. The third-order valence-electron chi connectivity index (χ3n) is 2.10. The first-order valence-electron chi connectivity index (χ1n) is 4.47. The quantitative estimate of drug-likeness (QED) is 0.749. The van der Waals surface area contributed by atoms with Gasteiger partial charge in [-0.15, -0.1) is 0 Å². The smallest absolute Gasteiger partial charge is 0.122 e. The summed E-state index contributed by atoms with van der Waals surface area (Å²) in [7, 11) is 1.90. The van der Waals surface area contributed by atoms with Crippen LogP contribution in [-0.4, -0.2) is 19.3 Å². The molecular formula is C9H13N5. The third-order valence-corrected chi connectivity index (χ3v) is 2.10. The lowest BCUT2D eigenvalue weighted by Gasteiger charge is -2.03. The second-order valence-electron chi connectivity index (χ2n) is 3.20. The summed E-state index contributed by atoms with van der Waals surface area (Å²) in [5.41, 5.74) is 6.70. The summed E-state index contributed by atoms with van der Waals surface area (Å²) in [6, 6.07) is 0. The molecule has 0 amide bonds. The molecule has 0 atom stereocenters. The Morgan fingerprint density at radius 2 is 2.36 bits per heavy atom. The Morgan fingerprint density at radius 1 is 1.50 bits per heavy atom. The summed E-state index contributed by atoms with van der Waals surface area (Å²) in [6.45, 7) is 1.24. The predicted octanol–water partition coefficient (Wildman–Crippen LogP) is 0.124. The molecule has 0 radical (unpaired) electrons. The van der Waals surface area contributed by atoms with Gasteiger partial charge in [0.05, 0.1) is 19.3 Å². The van der Waals surface area contributed by atoms with Crippen molar-refractivity contribution < 1.29 is 0 Å². The molecule has 2 aromatic rings. The van der Waals surface area contributed by atoms with Gasteiger partial charge in [0.1, 0.15) is 5.82 Å². The Kier molecular flexibility index (Phi) is 2.32. The van der Waals surface area contributed by atoms with Crippen LogP contribution in [0.25, 0.3) is 0 Å². The molecule has 2 heterocycles. The third kappa shape index (κ3) is 1.67. The van der Waals surface area contributed by atoms with Gasteiger partial charge in [-0.2, -0.15) is 5.10 Å². The average Bonchev–Trinajstić information content (AvgIpc) is 2.76. The molecule has 0 aliphatic carbocycles. The van der Waals surface area contributed by atoms with Gasteiger partial charge in [-0.05, 0) is 0 Å². The molecule has 0 saturated heterocycles. The minimum absolute atomic E-state index is 0.466. The largest absolute Gasteiger partial charge is 0.329 e. The van der Waals surface area contributed by atoms with E-state index in [4.69, 9.17) is 5.73 Å². The molecular weight excluding hydrogens is 178 g/mol. The van der Waals surface area contributed by atoms with Gasteiger partial charge in [0.15, 0.2) is 0 Å². The highest BCUT2D eigenvalue weighted by atomic mass is 15.2. The zero-order chi connectivity index (χ0) is 9.97. The minimum Gasteiger partial charge on any atom is -0.329 e. The number of nitrogens with zero attached hydrogens (tertiary/aromatic N) is 4. The second kappa shape index (κ2) is 3.63. The summed E-state index contributed by atoms with van der Waals surface area (Å²) >= 11 is 0. The van der Waals surface area contributed by atoms with Crippen molar-refractivity contribution in [3.8, 4) is 0 Å². The van der Waals surface area contributed by atoms with E-state index in [2.05, 4.69) is 10.1 Å². The van der Waals surface area contributed by atoms with E-state index in [-0.39, 0.29) is 0 Å². The first-order valence-corrected chi connectivity index (χ1v) is 4.47. The van der Waals surface area contributed by atoms with Gasteiger partial charge < -0.3 is 10.3 Å². The summed E-state index contributed by atoms with van der Waals surface area (Å²) in [6.07, 6.45) is 7.52. The molecule has 0 aliphatic rings. The molecule has 0 bridgehead atoms. The fourth-order valence-electron chi connectivity index (χ4n) is 1.42. The Labute approximate surface area is 82.2 Å². The molecule has 0 saturated carbocycles. The van der Waals surface area contributed by atoms with Crippen LogP contribution in [-0.2, 0) is 20.1 Å². The second-order valence-corrected chi connectivity index (χ2v) is 3.20. The van der Waals surface area contributed by atoms with Crippen LogP contribution in [0.15, 0.2) is 24.8 Å². The number of hydrogen-bond acceptors (Lipinski definition) is 3. The highest BCUT2D eigenvalue weighted by Crippen LogP contribution is 2.03. The summed E-state index contributed by atoms with van der Waals surface area (Å²) < 4.78 is 3.81. The van der Waals surface area contributed by atoms with Gasteiger partial charge in [0.2, 0.25) is 0 Å². The normalized spacial score (nSPS) is 10.7. The molecule has 2 aromatic heterocycles. The first-order chi connectivity index (χ1) is 6.79. The van der Waals surface area contributed by atoms with Crippen molar-refractivity contribution in [1.82, 2.24) is 19.3 Å². The van der Waals surface area contributed by atoms with E-state index >= 15 is 0 Å². The Balaban J connectivity index is 2.18. The van der Waals surface area contributed by atoms with Gasteiger partial charge in [-0.3, -0.25) is 4.68 Å². The van der Waals surface area contributed by atoms with Crippen molar-refractivity contribution in [1.29, 1.82) is 0 Å². The van der Waals surface area contributed by atoms with Crippen LogP contribution in [0.1, 0.15) is 11.4 Å². The Hall–Kier alpha value is -1.62. The van der Waals surface area contributed by atoms with E-state index in [0.29, 0.717) is 6.54 Å². The Morgan fingerprint density at radius 3 is 3.00 bits per heavy atom. The summed E-state index contributed by atoms with van der Waals surface area (Å²) in [5.74, 6) is 0.897. The molecule has 0 aromatic carbocycles. The van der Waals surface area contributed by atoms with E-state index in [1.165, 1.54) is 0 Å². The fourth-order valence-corrected chi connectivity index (χ4v) is 1.42. The molecule has 0 fully saturated rings. The zero-order valence-corrected chi connectivity index (χ0v) is 8.09. The monoisotopic (exact) mass is 191 g/mol. The van der Waals surface area contributed by atoms with Crippen LogP contribution in [0, 0.1) is 0 Å². The predicted molar refractivity (Wildman–Crippen MR) is 52.4 cm³/mol. The van der Waals surface area contributed by atoms with E-state index < -0.39 is 0 Å². The van der Waals surface area contributed by atoms with Gasteiger partial charge in [-0.1, -0.05) is 0 Å². The summed E-state index contributed by atoms with van der Waals surface area (Å²) in [4.78, 5) is 4.15. The van der Waals surface area contributed by atoms with Crippen LogP contribution in [0.3, 0.4) is 0 Å². The molecule has 14 heavy (non-hydrogen) atoms. The number of nitrogens with two attached hydrogens (primary N) is 1. The van der Waals surface area contributed by atoms with E-state index in [1.807, 2.05) is 30.2 Å². The van der Waals surface area contributed by atoms with Crippen molar-refractivity contribution in [2.24, 2.45) is 12.8 Å². The molecule has 0 aliphatic heterocycles. The van der Waals surface area contributed by atoms with Gasteiger partial charge in [0.25, 0.3) is 0 Å². The maximum atomic E-state index is 5.55. The lowest BCUT2D eigenvalue weighted by molar-refractivity contribution is 0.721. The van der Waals surface area contributed by atoms with Crippen LogP contribution < -0.4 is 5.73 Å². The highest BCUT2D eigenvalue weighted by molar-refractivity contribution is 5.06. The van der Waals surface area contributed by atoms with E-state index in [0.717, 1.165) is 17.9 Å². The van der Waals surface area contributed by atoms with E-state index in [9.17, 15) is 0 Å². The first kappa shape index (κ1) is 8.96. The van der Waals surface area contributed by atoms with Gasteiger partial charge in [-0.25, -0.2) is 4.98 Å². The molecule has 5 nitrogen and oxygen atoms in total. The van der Waals surface area contributed by atoms with Crippen LogP contribution in [0.4, 0.5) is 0 Å². The van der Waals surface area contributed by atoms with Crippen molar-refractivity contribution in [2.75, 3.05) is 0 Å². The highest BCUT2D eigenvalue weighted by Gasteiger charge is 2.02. The lowest BCUT2D eigenvalue weighted by atomic mass is 10.3. The number of imidazole rings is 1. The van der Waals surface area contributed by atoms with Gasteiger partial charge >= 0.3 is 0 Å². The minimum atomic E-state index is 0.466. The van der Waals surface area contributed by atoms with Crippen molar-refractivity contribution in [2.45, 2.75) is 13.1 Å². The zero-order valence-electron chi connectivity index (χ0n) is 8.09. The molecule has 2 rings (SSSR count). The SMILES string of the molecule is Cn1cc(Cn2ccnc2CN)cn1. The maximum absolute atomic E-state index is 5.55. The average molecular weight is 191 g/mol. The lowest BCUT2D eigenvalue weighted by Crippen LogP contribution is -2.08. The molecule has 0 spiro atoms. The van der Waals surface area contributed by atoms with Crippen molar-refractivity contribution in [3.05, 3.63) is 36.2 Å². The number of hydrogen-bond donors (Lipinski definition) is 1. The molecule has 74 valence electrons. The van der Waals surface area contributed by atoms with Crippen LogP contribution >= 0.6 is 0 Å². The molecule has 2 N–H and O–H groups in total. The molecule has 5 heteroatoms. The van der Waals surface area contributed by atoms with Crippen LogP contribution in [0.5, 0.6) is 0 Å². The fraction of sp³-hybridized carbons (Fsp3) is 0.333. The van der Waals surface area contributed by atoms with Crippen LogP contribution in [0.2, 0.25) is 0 Å². The number of aryl methyl sites for hydroxylation is 1. The number of aromatic nitrogens is 4. The van der Waals surface area contributed by atoms with Gasteiger partial charge in [0, 0.05) is 31.2 Å². The standard InChI is InChI=1S/C9H13N5/c1-13-6-8(5-12-13)7-14-3-2-11-9(14)4-10/h2-3,5-6H,4,7,10H2,1H3. The number of rotatable bonds is 3.